The third kappa shape index (κ3) is 3.27. The normalized spacial score (nSPS) is 10.7. The molecule has 0 saturated heterocycles. The van der Waals surface area contributed by atoms with Crippen LogP contribution in [0.5, 0.6) is 0 Å². The number of aromatic nitrogens is 2. The molecule has 1 amide bonds. The van der Waals surface area contributed by atoms with Gasteiger partial charge in [0.25, 0.3) is 5.91 Å². The first-order valence-corrected chi connectivity index (χ1v) is 7.60. The zero-order valence-corrected chi connectivity index (χ0v) is 13.4. The van der Waals surface area contributed by atoms with Gasteiger partial charge in [-0.05, 0) is 36.2 Å². The molecule has 0 atom stereocenters. The van der Waals surface area contributed by atoms with Crippen LogP contribution in [0.2, 0.25) is 5.02 Å². The van der Waals surface area contributed by atoms with Crippen LogP contribution in [0.4, 0.5) is 0 Å². The first-order chi connectivity index (χ1) is 11.0. The van der Waals surface area contributed by atoms with Crippen LogP contribution in [0.1, 0.15) is 21.6 Å². The maximum Gasteiger partial charge on any atom is 0.269 e. The quantitative estimate of drug-likeness (QED) is 0.795. The third-order valence-electron chi connectivity index (χ3n) is 3.66. The van der Waals surface area contributed by atoms with Gasteiger partial charge in [-0.15, -0.1) is 0 Å². The van der Waals surface area contributed by atoms with E-state index in [9.17, 15) is 4.79 Å². The number of nitrogens with two attached hydrogens (primary N) is 1. The molecule has 2 aromatic carbocycles. The number of rotatable bonds is 4. The maximum atomic E-state index is 11.5. The number of halogens is 1. The fraction of sp³-hybridized carbons (Fsp3) is 0.111. The van der Waals surface area contributed by atoms with Crippen molar-refractivity contribution in [2.24, 2.45) is 5.73 Å². The van der Waals surface area contributed by atoms with Crippen LogP contribution >= 0.6 is 11.6 Å². The molecule has 3 aromatic rings. The number of carbonyl (C=O) groups excluding carboxylic acids is 1. The molecule has 1 heterocycles. The van der Waals surface area contributed by atoms with Gasteiger partial charge in [-0.2, -0.15) is 5.10 Å². The Kier molecular flexibility index (Phi) is 4.17. The molecule has 0 bridgehead atoms. The van der Waals surface area contributed by atoms with E-state index in [2.05, 4.69) is 5.10 Å². The molecule has 3 rings (SSSR count). The highest BCUT2D eigenvalue weighted by Gasteiger charge is 2.14. The van der Waals surface area contributed by atoms with Crippen molar-refractivity contribution in [1.29, 1.82) is 0 Å². The van der Waals surface area contributed by atoms with Crippen LogP contribution < -0.4 is 5.73 Å². The van der Waals surface area contributed by atoms with Crippen molar-refractivity contribution < 1.29 is 4.79 Å². The molecule has 0 spiro atoms. The smallest absolute Gasteiger partial charge is 0.269 e. The molecule has 4 nitrogen and oxygen atoms in total. The second-order valence-electron chi connectivity index (χ2n) is 5.39. The zero-order valence-electron chi connectivity index (χ0n) is 12.7. The summed E-state index contributed by atoms with van der Waals surface area (Å²) in [6, 6.07) is 17.4. The van der Waals surface area contributed by atoms with E-state index < -0.39 is 5.91 Å². The number of aryl methyl sites for hydroxylation is 1. The highest BCUT2D eigenvalue weighted by Crippen LogP contribution is 2.26. The van der Waals surface area contributed by atoms with Crippen molar-refractivity contribution in [3.8, 4) is 11.3 Å². The third-order valence-corrected chi connectivity index (χ3v) is 4.09. The summed E-state index contributed by atoms with van der Waals surface area (Å²) in [4.78, 5) is 11.5. The summed E-state index contributed by atoms with van der Waals surface area (Å²) in [5.74, 6) is -0.538. The van der Waals surface area contributed by atoms with Gasteiger partial charge in [-0.25, -0.2) is 0 Å². The molecule has 1 aromatic heterocycles. The summed E-state index contributed by atoms with van der Waals surface area (Å²) in [6.07, 6.45) is 0. The van der Waals surface area contributed by atoms with Crippen LogP contribution in [-0.4, -0.2) is 15.7 Å². The first-order valence-electron chi connectivity index (χ1n) is 7.22. The Balaban J connectivity index is 2.07. The molecule has 0 saturated carbocycles. The second kappa shape index (κ2) is 6.26. The van der Waals surface area contributed by atoms with Crippen molar-refractivity contribution in [2.75, 3.05) is 0 Å². The van der Waals surface area contributed by atoms with Crippen molar-refractivity contribution in [1.82, 2.24) is 9.78 Å². The lowest BCUT2D eigenvalue weighted by molar-refractivity contribution is 0.0995. The van der Waals surface area contributed by atoms with E-state index in [1.165, 1.54) is 0 Å². The average molecular weight is 326 g/mol. The summed E-state index contributed by atoms with van der Waals surface area (Å²) >= 11 is 6.10. The van der Waals surface area contributed by atoms with Gasteiger partial charge in [0.1, 0.15) is 0 Å². The Morgan fingerprint density at radius 1 is 1.17 bits per heavy atom. The maximum absolute atomic E-state index is 11.5. The van der Waals surface area contributed by atoms with Crippen molar-refractivity contribution >= 4 is 17.5 Å². The fourth-order valence-corrected chi connectivity index (χ4v) is 2.57. The average Bonchev–Trinajstić information content (AvgIpc) is 2.95. The van der Waals surface area contributed by atoms with E-state index in [1.807, 2.05) is 55.5 Å². The molecule has 116 valence electrons. The van der Waals surface area contributed by atoms with Crippen LogP contribution in [0, 0.1) is 6.92 Å². The minimum atomic E-state index is -0.538. The lowest BCUT2D eigenvalue weighted by Gasteiger charge is -2.09. The largest absolute Gasteiger partial charge is 0.364 e. The minimum Gasteiger partial charge on any atom is -0.364 e. The van der Waals surface area contributed by atoms with Gasteiger partial charge in [-0.1, -0.05) is 48.0 Å². The molecule has 0 aliphatic carbocycles. The van der Waals surface area contributed by atoms with Crippen LogP contribution in [0.3, 0.4) is 0 Å². The van der Waals surface area contributed by atoms with Gasteiger partial charge >= 0.3 is 0 Å². The molecule has 0 aliphatic rings. The standard InChI is InChI=1S/C18H16ClN3O/c1-12-9-14(7-8-15(12)19)17-10-16(18(20)23)21-22(17)11-13-5-3-2-4-6-13/h2-10H,11H2,1H3,(H2,20,23). The van der Waals surface area contributed by atoms with E-state index in [0.717, 1.165) is 22.4 Å². The molecule has 2 N–H and O–H groups in total. The number of benzene rings is 2. The molecule has 5 heteroatoms. The molecule has 23 heavy (non-hydrogen) atoms. The number of nitrogens with zero attached hydrogens (tertiary/aromatic N) is 2. The topological polar surface area (TPSA) is 60.9 Å². The predicted molar refractivity (Wildman–Crippen MR) is 91.5 cm³/mol. The van der Waals surface area contributed by atoms with Gasteiger partial charge in [0.2, 0.25) is 0 Å². The molecule has 0 radical (unpaired) electrons. The number of carbonyl (C=O) groups is 1. The monoisotopic (exact) mass is 325 g/mol. The Bertz CT molecular complexity index is 856. The number of primary amides is 1. The molecule has 0 aliphatic heterocycles. The summed E-state index contributed by atoms with van der Waals surface area (Å²) in [5.41, 5.74) is 9.49. The van der Waals surface area contributed by atoms with Gasteiger partial charge in [-0.3, -0.25) is 9.48 Å². The molecular weight excluding hydrogens is 310 g/mol. The Labute approximate surface area is 139 Å². The van der Waals surface area contributed by atoms with Crippen LogP contribution in [-0.2, 0) is 6.54 Å². The predicted octanol–water partition coefficient (Wildman–Crippen LogP) is 3.66. The molecular formula is C18H16ClN3O. The highest BCUT2D eigenvalue weighted by molar-refractivity contribution is 6.31. The Hall–Kier alpha value is -2.59. The lowest BCUT2D eigenvalue weighted by atomic mass is 10.1. The minimum absolute atomic E-state index is 0.253. The van der Waals surface area contributed by atoms with E-state index in [1.54, 1.807) is 10.7 Å². The van der Waals surface area contributed by atoms with Gasteiger partial charge in [0, 0.05) is 10.6 Å². The molecule has 0 unspecified atom stereocenters. The number of amides is 1. The number of hydrogen-bond donors (Lipinski definition) is 1. The van der Waals surface area contributed by atoms with Crippen molar-refractivity contribution in [3.63, 3.8) is 0 Å². The Morgan fingerprint density at radius 2 is 1.91 bits per heavy atom. The van der Waals surface area contributed by atoms with E-state index >= 15 is 0 Å². The van der Waals surface area contributed by atoms with Gasteiger partial charge in [0.15, 0.2) is 5.69 Å². The lowest BCUT2D eigenvalue weighted by Crippen LogP contribution is -2.12. The summed E-state index contributed by atoms with van der Waals surface area (Å²) in [7, 11) is 0. The summed E-state index contributed by atoms with van der Waals surface area (Å²) < 4.78 is 1.79. The highest BCUT2D eigenvalue weighted by atomic mass is 35.5. The number of hydrogen-bond acceptors (Lipinski definition) is 2. The van der Waals surface area contributed by atoms with E-state index in [4.69, 9.17) is 17.3 Å². The van der Waals surface area contributed by atoms with Crippen LogP contribution in [0.15, 0.2) is 54.6 Å². The Morgan fingerprint density at radius 3 is 2.57 bits per heavy atom. The zero-order chi connectivity index (χ0) is 16.4. The fourth-order valence-electron chi connectivity index (χ4n) is 2.45. The SMILES string of the molecule is Cc1cc(-c2cc(C(N)=O)nn2Cc2ccccc2)ccc1Cl. The van der Waals surface area contributed by atoms with Crippen molar-refractivity contribution in [2.45, 2.75) is 13.5 Å². The van der Waals surface area contributed by atoms with E-state index in [0.29, 0.717) is 11.6 Å². The first kappa shape index (κ1) is 15.3. The van der Waals surface area contributed by atoms with Crippen LogP contribution in [0.25, 0.3) is 11.3 Å². The van der Waals surface area contributed by atoms with E-state index in [-0.39, 0.29) is 5.69 Å². The summed E-state index contributed by atoms with van der Waals surface area (Å²) in [6.45, 7) is 2.50. The van der Waals surface area contributed by atoms with Gasteiger partial charge < -0.3 is 5.73 Å². The van der Waals surface area contributed by atoms with Gasteiger partial charge in [0.05, 0.1) is 12.2 Å². The summed E-state index contributed by atoms with van der Waals surface area (Å²) in [5, 5.41) is 5.05. The second-order valence-corrected chi connectivity index (χ2v) is 5.79. The molecule has 0 fully saturated rings. The van der Waals surface area contributed by atoms with Crippen molar-refractivity contribution in [3.05, 3.63) is 76.4 Å².